The largest absolute Gasteiger partial charge is 0.485 e. The van der Waals surface area contributed by atoms with Crippen LogP contribution in [0.2, 0.25) is 0 Å². The first kappa shape index (κ1) is 34.9. The van der Waals surface area contributed by atoms with Gasteiger partial charge in [0.1, 0.15) is 34.2 Å². The van der Waals surface area contributed by atoms with Crippen molar-refractivity contribution in [3.8, 4) is 28.0 Å². The molecule has 3 heterocycles. The number of hydrogen-bond donors (Lipinski definition) is 0. The lowest BCUT2D eigenvalue weighted by molar-refractivity contribution is 0.269. The average Bonchev–Trinajstić information content (AvgIpc) is 3.99. The lowest BCUT2D eigenvalue weighted by atomic mass is 9.90. The molecule has 0 bridgehead atoms. The number of hydrogen-bond acceptors (Lipinski definition) is 4. The second kappa shape index (κ2) is 14.6. The molecule has 284 valence electrons. The summed E-state index contributed by atoms with van der Waals surface area (Å²) < 4.78 is 19.2. The molecule has 9 aromatic rings. The highest BCUT2D eigenvalue weighted by molar-refractivity contribution is 6.10. The molecule has 7 aromatic carbocycles. The molecular weight excluding hydrogens is 723 g/mol. The highest BCUT2D eigenvalue weighted by Crippen LogP contribution is 2.43. The predicted octanol–water partition coefficient (Wildman–Crippen LogP) is 15.0. The molecule has 1 aliphatic heterocycles. The van der Waals surface area contributed by atoms with E-state index in [9.17, 15) is 0 Å². The first-order valence-electron chi connectivity index (χ1n) is 20.5. The molecule has 59 heavy (non-hydrogen) atoms. The number of allylic oxidation sites excluding steroid dienone is 5. The number of rotatable bonds is 9. The molecule has 0 saturated heterocycles. The first-order valence-corrected chi connectivity index (χ1v) is 20.5. The van der Waals surface area contributed by atoms with Crippen LogP contribution in [0.4, 0.5) is 11.4 Å². The summed E-state index contributed by atoms with van der Waals surface area (Å²) in [6, 6.07) is 53.8. The van der Waals surface area contributed by atoms with Crippen LogP contribution in [-0.4, -0.2) is 12.6 Å². The summed E-state index contributed by atoms with van der Waals surface area (Å²) in [6.07, 6.45) is 16.5. The average molecular weight is 764 g/mol. The van der Waals surface area contributed by atoms with E-state index in [-0.39, 0.29) is 12.0 Å². The number of ether oxygens (including phenoxy) is 1. The van der Waals surface area contributed by atoms with Crippen LogP contribution < -0.4 is 9.64 Å². The molecular formula is C55H41NO3. The monoisotopic (exact) mass is 763 g/mol. The van der Waals surface area contributed by atoms with Crippen molar-refractivity contribution in [3.63, 3.8) is 0 Å². The van der Waals surface area contributed by atoms with E-state index >= 15 is 0 Å². The molecule has 2 unspecified atom stereocenters. The Labute approximate surface area is 343 Å². The maximum absolute atomic E-state index is 6.43. The van der Waals surface area contributed by atoms with Crippen LogP contribution >= 0.6 is 0 Å². The molecule has 11 rings (SSSR count). The van der Waals surface area contributed by atoms with Gasteiger partial charge in [-0.1, -0.05) is 147 Å². The van der Waals surface area contributed by atoms with Gasteiger partial charge in [0, 0.05) is 62.1 Å². The molecule has 1 aliphatic carbocycles. The smallest absolute Gasteiger partial charge is 0.143 e. The van der Waals surface area contributed by atoms with Crippen LogP contribution in [0.1, 0.15) is 30.4 Å². The molecule has 0 amide bonds. The van der Waals surface area contributed by atoms with E-state index in [1.807, 2.05) is 24.3 Å². The Bertz CT molecular complexity index is 3000. The molecule has 2 aromatic heterocycles. The number of fused-ring (bicyclic) bond motifs is 9. The fourth-order valence-corrected chi connectivity index (χ4v) is 8.89. The summed E-state index contributed by atoms with van der Waals surface area (Å²) in [7, 11) is 0. The summed E-state index contributed by atoms with van der Waals surface area (Å²) in [4.78, 5) is 2.39. The van der Waals surface area contributed by atoms with Gasteiger partial charge in [0.2, 0.25) is 0 Å². The molecule has 0 saturated carbocycles. The Hall–Kier alpha value is -7.30. The zero-order valence-corrected chi connectivity index (χ0v) is 32.7. The quantitative estimate of drug-likeness (QED) is 0.137. The van der Waals surface area contributed by atoms with Crippen molar-refractivity contribution in [1.82, 2.24) is 0 Å². The molecule has 4 nitrogen and oxygen atoms in total. The molecule has 4 heteroatoms. The fraction of sp³-hybridized carbons (Fsp3) is 0.0909. The van der Waals surface area contributed by atoms with Gasteiger partial charge in [0.25, 0.3) is 0 Å². The summed E-state index contributed by atoms with van der Waals surface area (Å²) in [5.41, 5.74) is 13.8. The SMILES string of the molecule is CC/C=C\C(=C/CN(c1ccc(-c2cccc3c2oc2ccccc23)cc1)c1ccc(-c2cccc3c2oc2ccccc23)cc1)c1ccc2c(c1)C1C=CC=CC1O2. The second-order valence-corrected chi connectivity index (χ2v) is 15.4. The van der Waals surface area contributed by atoms with Gasteiger partial charge < -0.3 is 18.5 Å². The molecule has 2 aliphatic rings. The van der Waals surface area contributed by atoms with Crippen molar-refractivity contribution in [2.45, 2.75) is 25.4 Å². The summed E-state index contributed by atoms with van der Waals surface area (Å²) in [6.45, 7) is 2.84. The van der Waals surface area contributed by atoms with Crippen molar-refractivity contribution in [3.05, 3.63) is 205 Å². The van der Waals surface area contributed by atoms with Crippen molar-refractivity contribution < 1.29 is 13.6 Å². The van der Waals surface area contributed by atoms with Gasteiger partial charge in [0.15, 0.2) is 0 Å². The van der Waals surface area contributed by atoms with E-state index in [1.165, 1.54) is 16.7 Å². The predicted molar refractivity (Wildman–Crippen MR) is 245 cm³/mol. The summed E-state index contributed by atoms with van der Waals surface area (Å²) in [5.74, 6) is 1.20. The minimum absolute atomic E-state index is 0.0583. The van der Waals surface area contributed by atoms with Gasteiger partial charge in [-0.15, -0.1) is 0 Å². The van der Waals surface area contributed by atoms with Crippen LogP contribution in [0.3, 0.4) is 0 Å². The van der Waals surface area contributed by atoms with Crippen LogP contribution in [0.5, 0.6) is 5.75 Å². The highest BCUT2D eigenvalue weighted by atomic mass is 16.5. The maximum Gasteiger partial charge on any atom is 0.143 e. The van der Waals surface area contributed by atoms with Crippen molar-refractivity contribution in [2.24, 2.45) is 0 Å². The number of benzene rings is 7. The van der Waals surface area contributed by atoms with E-state index in [2.05, 4.69) is 182 Å². The van der Waals surface area contributed by atoms with E-state index in [0.717, 1.165) is 89.7 Å². The topological polar surface area (TPSA) is 38.8 Å². The van der Waals surface area contributed by atoms with E-state index in [0.29, 0.717) is 6.54 Å². The number of anilines is 2. The van der Waals surface area contributed by atoms with Crippen LogP contribution in [0.25, 0.3) is 71.7 Å². The van der Waals surface area contributed by atoms with Gasteiger partial charge >= 0.3 is 0 Å². The molecule has 2 atom stereocenters. The zero-order chi connectivity index (χ0) is 39.3. The Balaban J connectivity index is 0.981. The van der Waals surface area contributed by atoms with E-state index < -0.39 is 0 Å². The number of para-hydroxylation sites is 4. The lowest BCUT2D eigenvalue weighted by Crippen LogP contribution is -2.17. The van der Waals surface area contributed by atoms with E-state index in [1.54, 1.807) is 0 Å². The third-order valence-electron chi connectivity index (χ3n) is 11.9. The fourth-order valence-electron chi connectivity index (χ4n) is 8.89. The van der Waals surface area contributed by atoms with Gasteiger partial charge in [0.05, 0.1) is 0 Å². The highest BCUT2D eigenvalue weighted by Gasteiger charge is 2.32. The third kappa shape index (κ3) is 6.16. The van der Waals surface area contributed by atoms with Crippen molar-refractivity contribution >= 4 is 60.8 Å². The molecule has 0 fully saturated rings. The third-order valence-corrected chi connectivity index (χ3v) is 11.9. The van der Waals surface area contributed by atoms with Gasteiger partial charge in [-0.3, -0.25) is 0 Å². The summed E-state index contributed by atoms with van der Waals surface area (Å²) in [5, 5.41) is 4.53. The van der Waals surface area contributed by atoms with E-state index in [4.69, 9.17) is 13.6 Å². The van der Waals surface area contributed by atoms with Crippen LogP contribution in [-0.2, 0) is 0 Å². The van der Waals surface area contributed by atoms with Gasteiger partial charge in [-0.2, -0.15) is 0 Å². The number of nitrogens with zero attached hydrogens (tertiary/aromatic N) is 1. The zero-order valence-electron chi connectivity index (χ0n) is 32.7. The minimum Gasteiger partial charge on any atom is -0.485 e. The van der Waals surface area contributed by atoms with Crippen molar-refractivity contribution in [2.75, 3.05) is 11.4 Å². The van der Waals surface area contributed by atoms with Crippen LogP contribution in [0.15, 0.2) is 203 Å². The van der Waals surface area contributed by atoms with Crippen LogP contribution in [0, 0.1) is 0 Å². The molecule has 0 N–H and O–H groups in total. The Morgan fingerprint density at radius 1 is 0.593 bits per heavy atom. The first-order chi connectivity index (χ1) is 29.2. The Morgan fingerprint density at radius 3 is 1.78 bits per heavy atom. The molecule has 0 radical (unpaired) electrons. The number of furan rings is 2. The molecule has 0 spiro atoms. The van der Waals surface area contributed by atoms with Gasteiger partial charge in [-0.25, -0.2) is 0 Å². The second-order valence-electron chi connectivity index (χ2n) is 15.4. The van der Waals surface area contributed by atoms with Gasteiger partial charge in [-0.05, 0) is 83.3 Å². The van der Waals surface area contributed by atoms with Crippen molar-refractivity contribution in [1.29, 1.82) is 0 Å². The summed E-state index contributed by atoms with van der Waals surface area (Å²) >= 11 is 0. The Kier molecular flexibility index (Phi) is 8.62. The minimum atomic E-state index is 0.0583. The lowest BCUT2D eigenvalue weighted by Gasteiger charge is -2.25. The standard InChI is InChI=1S/C55H41NO3/c1-2-3-12-36(39-27-32-53-49(35-39)46-15-6-7-20-50(46)57-53)33-34-56(40-28-23-37(24-29-40)42-16-10-18-47-44-13-4-8-21-51(44)58-54(42)47)41-30-25-38(26-31-41)43-17-11-19-48-45-14-5-9-22-52(45)59-55(43)48/h3-33,35,46,50H,2,34H2,1H3/b12-3-,36-33+. The maximum atomic E-state index is 6.43. The Morgan fingerprint density at radius 2 is 1.17 bits per heavy atom. The normalized spacial score (nSPS) is 16.1.